The van der Waals surface area contributed by atoms with Gasteiger partial charge in [0.05, 0.1) is 5.69 Å². The molecule has 100 valence electrons. The van der Waals surface area contributed by atoms with E-state index in [4.69, 9.17) is 4.42 Å². The maximum absolute atomic E-state index is 13.4. The summed E-state index contributed by atoms with van der Waals surface area (Å²) in [6, 6.07) is 7.68. The number of nitrogens with zero attached hydrogens (tertiary/aromatic N) is 1. The highest BCUT2D eigenvalue weighted by molar-refractivity contribution is 6.04. The minimum absolute atomic E-state index is 0.00225. The summed E-state index contributed by atoms with van der Waals surface area (Å²) in [6.07, 6.45) is 1.57. The maximum Gasteiger partial charge on any atom is 0.291 e. The van der Waals surface area contributed by atoms with E-state index in [9.17, 15) is 13.6 Å². The molecule has 0 radical (unpaired) electrons. The maximum atomic E-state index is 13.4. The van der Waals surface area contributed by atoms with E-state index in [0.29, 0.717) is 17.2 Å². The Hall–Kier alpha value is -2.76. The summed E-state index contributed by atoms with van der Waals surface area (Å²) < 4.78 is 31.5. The molecule has 0 saturated heterocycles. The Morgan fingerprint density at radius 1 is 1.20 bits per heavy atom. The van der Waals surface area contributed by atoms with Crippen molar-refractivity contribution in [3.63, 3.8) is 0 Å². The van der Waals surface area contributed by atoms with Crippen molar-refractivity contribution in [2.75, 3.05) is 5.32 Å². The van der Waals surface area contributed by atoms with Crippen LogP contribution in [0.25, 0.3) is 11.1 Å². The van der Waals surface area contributed by atoms with Gasteiger partial charge >= 0.3 is 0 Å². The molecule has 0 aliphatic carbocycles. The molecule has 0 unspecified atom stereocenters. The smallest absolute Gasteiger partial charge is 0.291 e. The number of fused-ring (bicyclic) bond motifs is 1. The lowest BCUT2D eigenvalue weighted by Gasteiger charge is -2.04. The first-order chi connectivity index (χ1) is 9.63. The highest BCUT2D eigenvalue weighted by atomic mass is 19.1. The Morgan fingerprint density at radius 2 is 2.05 bits per heavy atom. The third-order valence-electron chi connectivity index (χ3n) is 2.69. The fourth-order valence-corrected chi connectivity index (χ4v) is 1.76. The molecule has 4 nitrogen and oxygen atoms in total. The van der Waals surface area contributed by atoms with Crippen molar-refractivity contribution in [1.29, 1.82) is 0 Å². The van der Waals surface area contributed by atoms with Crippen LogP contribution in [-0.4, -0.2) is 10.9 Å². The van der Waals surface area contributed by atoms with Crippen molar-refractivity contribution in [1.82, 2.24) is 4.98 Å². The first-order valence-corrected chi connectivity index (χ1v) is 5.74. The number of aromatic nitrogens is 1. The van der Waals surface area contributed by atoms with Crippen molar-refractivity contribution in [3.8, 4) is 0 Å². The van der Waals surface area contributed by atoms with Crippen molar-refractivity contribution in [2.24, 2.45) is 0 Å². The monoisotopic (exact) mass is 274 g/mol. The largest absolute Gasteiger partial charge is 0.449 e. The molecule has 0 saturated carbocycles. The average Bonchev–Trinajstić information content (AvgIpc) is 2.86. The van der Waals surface area contributed by atoms with Gasteiger partial charge in [-0.3, -0.25) is 9.78 Å². The van der Waals surface area contributed by atoms with Crippen molar-refractivity contribution < 1.29 is 18.0 Å². The van der Waals surface area contributed by atoms with Gasteiger partial charge in [0.15, 0.2) is 11.3 Å². The molecular formula is C14H8F2N2O2. The first kappa shape index (κ1) is 12.3. The SMILES string of the molecule is O=C(Nc1ccc(F)cc1F)c1cc2ncccc2o1. The number of nitrogens with one attached hydrogen (secondary N) is 1. The molecule has 3 aromatic rings. The van der Waals surface area contributed by atoms with E-state index in [2.05, 4.69) is 10.3 Å². The lowest BCUT2D eigenvalue weighted by atomic mass is 10.3. The zero-order chi connectivity index (χ0) is 14.1. The topological polar surface area (TPSA) is 55.1 Å². The van der Waals surface area contributed by atoms with E-state index in [1.54, 1.807) is 18.3 Å². The van der Waals surface area contributed by atoms with Crippen LogP contribution in [0.1, 0.15) is 10.6 Å². The Labute approximate surface area is 112 Å². The number of hydrogen-bond acceptors (Lipinski definition) is 3. The molecule has 0 aliphatic heterocycles. The highest BCUT2D eigenvalue weighted by Gasteiger charge is 2.14. The predicted molar refractivity (Wildman–Crippen MR) is 68.3 cm³/mol. The van der Waals surface area contributed by atoms with Gasteiger partial charge in [-0.2, -0.15) is 0 Å². The van der Waals surface area contributed by atoms with Gasteiger partial charge < -0.3 is 9.73 Å². The molecule has 1 N–H and O–H groups in total. The van der Waals surface area contributed by atoms with Crippen molar-refractivity contribution in [3.05, 3.63) is 60.0 Å². The van der Waals surface area contributed by atoms with Gasteiger partial charge in [0, 0.05) is 18.3 Å². The predicted octanol–water partition coefficient (Wildman–Crippen LogP) is 3.36. The number of carbonyl (C=O) groups excluding carboxylic acids is 1. The second-order valence-corrected chi connectivity index (χ2v) is 4.08. The summed E-state index contributed by atoms with van der Waals surface area (Å²) in [5, 5.41) is 2.31. The fourth-order valence-electron chi connectivity index (χ4n) is 1.76. The molecule has 1 amide bonds. The number of halogens is 2. The molecule has 0 aliphatic rings. The molecule has 0 bridgehead atoms. The van der Waals surface area contributed by atoms with Gasteiger partial charge in [-0.15, -0.1) is 0 Å². The van der Waals surface area contributed by atoms with Crippen molar-refractivity contribution >= 4 is 22.7 Å². The minimum atomic E-state index is -0.854. The third-order valence-corrected chi connectivity index (χ3v) is 2.69. The number of rotatable bonds is 2. The summed E-state index contributed by atoms with van der Waals surface area (Å²) in [6.45, 7) is 0. The summed E-state index contributed by atoms with van der Waals surface area (Å²) in [5.41, 5.74) is 0.860. The summed E-state index contributed by atoms with van der Waals surface area (Å²) >= 11 is 0. The van der Waals surface area contributed by atoms with E-state index in [1.165, 1.54) is 6.07 Å². The number of pyridine rings is 1. The number of amides is 1. The third kappa shape index (κ3) is 2.23. The van der Waals surface area contributed by atoms with Gasteiger partial charge in [-0.05, 0) is 24.3 Å². The molecular weight excluding hydrogens is 266 g/mol. The lowest BCUT2D eigenvalue weighted by molar-refractivity contribution is 0.0998. The van der Waals surface area contributed by atoms with E-state index < -0.39 is 17.5 Å². The van der Waals surface area contributed by atoms with E-state index in [-0.39, 0.29) is 11.4 Å². The van der Waals surface area contributed by atoms with E-state index in [1.807, 2.05) is 0 Å². The highest BCUT2D eigenvalue weighted by Crippen LogP contribution is 2.19. The fraction of sp³-hybridized carbons (Fsp3) is 0. The van der Waals surface area contributed by atoms with Crippen molar-refractivity contribution in [2.45, 2.75) is 0 Å². The number of carbonyl (C=O) groups is 1. The number of benzene rings is 1. The number of furan rings is 1. The van der Waals surface area contributed by atoms with Crippen LogP contribution in [0.3, 0.4) is 0 Å². The van der Waals surface area contributed by atoms with Crippen LogP contribution in [0, 0.1) is 11.6 Å². The zero-order valence-electron chi connectivity index (χ0n) is 10.1. The van der Waals surface area contributed by atoms with Crippen LogP contribution in [0.15, 0.2) is 47.0 Å². The lowest BCUT2D eigenvalue weighted by Crippen LogP contribution is -2.12. The molecule has 2 aromatic heterocycles. The molecule has 3 rings (SSSR count). The van der Waals surface area contributed by atoms with Gasteiger partial charge in [-0.1, -0.05) is 0 Å². The van der Waals surface area contributed by atoms with Gasteiger partial charge in [0.25, 0.3) is 5.91 Å². The summed E-state index contributed by atoms with van der Waals surface area (Å²) in [7, 11) is 0. The summed E-state index contributed by atoms with van der Waals surface area (Å²) in [4.78, 5) is 16.0. The number of anilines is 1. The molecule has 20 heavy (non-hydrogen) atoms. The van der Waals surface area contributed by atoms with E-state index >= 15 is 0 Å². The minimum Gasteiger partial charge on any atom is -0.449 e. The zero-order valence-corrected chi connectivity index (χ0v) is 10.1. The molecule has 0 fully saturated rings. The van der Waals surface area contributed by atoms with E-state index in [0.717, 1.165) is 12.1 Å². The first-order valence-electron chi connectivity index (χ1n) is 5.74. The quantitative estimate of drug-likeness (QED) is 0.779. The Kier molecular flexibility index (Phi) is 2.90. The molecule has 6 heteroatoms. The van der Waals surface area contributed by atoms with Crippen LogP contribution in [0.5, 0.6) is 0 Å². The Morgan fingerprint density at radius 3 is 2.80 bits per heavy atom. The Balaban J connectivity index is 1.89. The van der Waals surface area contributed by atoms with Crippen LogP contribution in [-0.2, 0) is 0 Å². The van der Waals surface area contributed by atoms with Crippen LogP contribution >= 0.6 is 0 Å². The van der Waals surface area contributed by atoms with Crippen LogP contribution < -0.4 is 5.32 Å². The molecule has 2 heterocycles. The second kappa shape index (κ2) is 4.73. The standard InChI is InChI=1S/C14H8F2N2O2/c15-8-3-4-10(9(16)6-8)18-14(19)13-7-11-12(20-13)2-1-5-17-11/h1-7H,(H,18,19). The van der Waals surface area contributed by atoms with Gasteiger partial charge in [-0.25, -0.2) is 8.78 Å². The molecule has 0 spiro atoms. The van der Waals surface area contributed by atoms with Crippen LogP contribution in [0.2, 0.25) is 0 Å². The Bertz CT molecular complexity index is 766. The normalized spacial score (nSPS) is 10.7. The van der Waals surface area contributed by atoms with Gasteiger partial charge in [0.2, 0.25) is 0 Å². The average molecular weight is 274 g/mol. The summed E-state index contributed by atoms with van der Waals surface area (Å²) in [5.74, 6) is -2.20. The molecule has 0 atom stereocenters. The second-order valence-electron chi connectivity index (χ2n) is 4.08. The van der Waals surface area contributed by atoms with Crippen LogP contribution in [0.4, 0.5) is 14.5 Å². The van der Waals surface area contributed by atoms with Gasteiger partial charge in [0.1, 0.15) is 17.2 Å². The molecule has 1 aromatic carbocycles. The number of hydrogen-bond donors (Lipinski definition) is 1.